The minimum atomic E-state index is -3.30. The fraction of sp³-hybridized carbons (Fsp3) is 0.182. The fourth-order valence-electron chi connectivity index (χ4n) is 1.57. The molecule has 0 aliphatic heterocycles. The van der Waals surface area contributed by atoms with Gasteiger partial charge >= 0.3 is 0 Å². The van der Waals surface area contributed by atoms with E-state index >= 15 is 0 Å². The van der Waals surface area contributed by atoms with Gasteiger partial charge in [-0.25, -0.2) is 17.4 Å². The first-order chi connectivity index (χ1) is 7.50. The van der Waals surface area contributed by atoms with Gasteiger partial charge in [-0.15, -0.1) is 0 Å². The van der Waals surface area contributed by atoms with E-state index in [0.717, 1.165) is 17.4 Å². The molecule has 0 bridgehead atoms. The van der Waals surface area contributed by atoms with Crippen molar-refractivity contribution < 1.29 is 8.42 Å². The molecule has 16 heavy (non-hydrogen) atoms. The highest BCUT2D eigenvalue weighted by Gasteiger charge is 2.14. The standard InChI is InChI=1S/C11H12N2O2S/c1-9-5-3-4-6-10(9)11-12-7-8-13(11)16(2,14)15/h3-8H,1-2H3. The van der Waals surface area contributed by atoms with Crippen molar-refractivity contribution in [1.82, 2.24) is 8.96 Å². The number of hydrogen-bond donors (Lipinski definition) is 0. The molecule has 5 heteroatoms. The van der Waals surface area contributed by atoms with Gasteiger partial charge in [-0.1, -0.05) is 24.3 Å². The second-order valence-electron chi connectivity index (χ2n) is 3.62. The van der Waals surface area contributed by atoms with Crippen molar-refractivity contribution in [2.24, 2.45) is 0 Å². The highest BCUT2D eigenvalue weighted by molar-refractivity contribution is 7.89. The number of nitrogens with zero attached hydrogens (tertiary/aromatic N) is 2. The van der Waals surface area contributed by atoms with Crippen molar-refractivity contribution in [2.45, 2.75) is 6.92 Å². The van der Waals surface area contributed by atoms with E-state index in [1.165, 1.54) is 16.4 Å². The summed E-state index contributed by atoms with van der Waals surface area (Å²) in [5.41, 5.74) is 1.83. The molecule has 0 saturated heterocycles. The van der Waals surface area contributed by atoms with Crippen LogP contribution in [0.1, 0.15) is 5.56 Å². The fourth-order valence-corrected chi connectivity index (χ4v) is 2.31. The van der Waals surface area contributed by atoms with Gasteiger partial charge in [-0.2, -0.15) is 0 Å². The first-order valence-electron chi connectivity index (χ1n) is 4.80. The zero-order valence-electron chi connectivity index (χ0n) is 9.08. The van der Waals surface area contributed by atoms with Gasteiger partial charge in [0.1, 0.15) is 0 Å². The lowest BCUT2D eigenvalue weighted by Crippen LogP contribution is -2.10. The van der Waals surface area contributed by atoms with Crippen LogP contribution >= 0.6 is 0 Å². The van der Waals surface area contributed by atoms with Crippen molar-refractivity contribution in [3.63, 3.8) is 0 Å². The van der Waals surface area contributed by atoms with E-state index in [0.29, 0.717) is 5.82 Å². The lowest BCUT2D eigenvalue weighted by atomic mass is 10.1. The summed E-state index contributed by atoms with van der Waals surface area (Å²) in [5, 5.41) is 0. The Morgan fingerprint density at radius 1 is 1.25 bits per heavy atom. The molecule has 0 radical (unpaired) electrons. The molecule has 0 atom stereocenters. The lowest BCUT2D eigenvalue weighted by molar-refractivity contribution is 0.594. The zero-order valence-corrected chi connectivity index (χ0v) is 9.90. The molecule has 4 nitrogen and oxygen atoms in total. The predicted octanol–water partition coefficient (Wildman–Crippen LogP) is 1.67. The Morgan fingerprint density at radius 2 is 1.94 bits per heavy atom. The monoisotopic (exact) mass is 236 g/mol. The van der Waals surface area contributed by atoms with E-state index in [2.05, 4.69) is 4.98 Å². The van der Waals surface area contributed by atoms with Crippen molar-refractivity contribution in [3.05, 3.63) is 42.2 Å². The molecule has 0 fully saturated rings. The van der Waals surface area contributed by atoms with Gasteiger partial charge in [-0.05, 0) is 12.5 Å². The van der Waals surface area contributed by atoms with Crippen molar-refractivity contribution >= 4 is 10.0 Å². The van der Waals surface area contributed by atoms with Crippen LogP contribution in [-0.4, -0.2) is 23.6 Å². The summed E-state index contributed by atoms with van der Waals surface area (Å²) in [5.74, 6) is 0.459. The maximum absolute atomic E-state index is 11.5. The maximum Gasteiger partial charge on any atom is 0.237 e. The molecular weight excluding hydrogens is 224 g/mol. The van der Waals surface area contributed by atoms with Gasteiger partial charge in [0.05, 0.1) is 6.26 Å². The number of aromatic nitrogens is 2. The molecule has 1 aromatic heterocycles. The molecule has 0 aliphatic rings. The smallest absolute Gasteiger partial charge is 0.236 e. The molecule has 1 aromatic carbocycles. The number of rotatable bonds is 2. The van der Waals surface area contributed by atoms with Gasteiger partial charge in [-0.3, -0.25) is 0 Å². The summed E-state index contributed by atoms with van der Waals surface area (Å²) < 4.78 is 24.2. The molecule has 0 saturated carbocycles. The summed E-state index contributed by atoms with van der Waals surface area (Å²) >= 11 is 0. The second-order valence-corrected chi connectivity index (χ2v) is 5.48. The molecule has 0 amide bonds. The van der Waals surface area contributed by atoms with Crippen LogP contribution in [0.2, 0.25) is 0 Å². The number of imidazole rings is 1. The third kappa shape index (κ3) is 1.86. The quantitative estimate of drug-likeness (QED) is 0.797. The molecular formula is C11H12N2O2S. The summed E-state index contributed by atoms with van der Waals surface area (Å²) in [7, 11) is -3.30. The van der Waals surface area contributed by atoms with Crippen molar-refractivity contribution in [3.8, 4) is 11.4 Å². The van der Waals surface area contributed by atoms with E-state index < -0.39 is 10.0 Å². The van der Waals surface area contributed by atoms with Crippen LogP contribution in [0.4, 0.5) is 0 Å². The Balaban J connectivity index is 2.68. The molecule has 84 valence electrons. The highest BCUT2D eigenvalue weighted by atomic mass is 32.2. The minimum absolute atomic E-state index is 0.459. The topological polar surface area (TPSA) is 52.0 Å². The Kier molecular flexibility index (Phi) is 2.55. The lowest BCUT2D eigenvalue weighted by Gasteiger charge is -2.07. The molecule has 0 unspecified atom stereocenters. The van der Waals surface area contributed by atoms with E-state index in [1.807, 2.05) is 31.2 Å². The number of hydrogen-bond acceptors (Lipinski definition) is 3. The molecule has 2 aromatic rings. The second kappa shape index (κ2) is 3.75. The van der Waals surface area contributed by atoms with Crippen LogP contribution < -0.4 is 0 Å². The van der Waals surface area contributed by atoms with Gasteiger partial charge in [0, 0.05) is 18.0 Å². The largest absolute Gasteiger partial charge is 0.237 e. The molecule has 1 heterocycles. The Labute approximate surface area is 94.6 Å². The Bertz CT molecular complexity index is 614. The highest BCUT2D eigenvalue weighted by Crippen LogP contribution is 2.22. The number of benzene rings is 1. The van der Waals surface area contributed by atoms with Crippen molar-refractivity contribution in [1.29, 1.82) is 0 Å². The molecule has 2 rings (SSSR count). The third-order valence-corrected chi connectivity index (χ3v) is 3.36. The van der Waals surface area contributed by atoms with E-state index in [9.17, 15) is 8.42 Å². The van der Waals surface area contributed by atoms with Gasteiger partial charge in [0.2, 0.25) is 10.0 Å². The van der Waals surface area contributed by atoms with E-state index in [-0.39, 0.29) is 0 Å². The van der Waals surface area contributed by atoms with E-state index in [1.54, 1.807) is 0 Å². The third-order valence-electron chi connectivity index (χ3n) is 2.35. The van der Waals surface area contributed by atoms with Crippen LogP contribution in [0.15, 0.2) is 36.7 Å². The zero-order chi connectivity index (χ0) is 11.8. The van der Waals surface area contributed by atoms with Gasteiger partial charge in [0.25, 0.3) is 0 Å². The molecule has 0 aliphatic carbocycles. The molecule has 0 spiro atoms. The minimum Gasteiger partial charge on any atom is -0.236 e. The summed E-state index contributed by atoms with van der Waals surface area (Å²) in [6.07, 6.45) is 4.11. The summed E-state index contributed by atoms with van der Waals surface area (Å²) in [4.78, 5) is 4.10. The number of aryl methyl sites for hydroxylation is 1. The average Bonchev–Trinajstić information content (AvgIpc) is 2.66. The SMILES string of the molecule is Cc1ccccc1-c1nccn1S(C)(=O)=O. The van der Waals surface area contributed by atoms with Gasteiger partial charge < -0.3 is 0 Å². The average molecular weight is 236 g/mol. The van der Waals surface area contributed by atoms with Crippen LogP contribution in [0.3, 0.4) is 0 Å². The predicted molar refractivity (Wildman–Crippen MR) is 62.6 cm³/mol. The van der Waals surface area contributed by atoms with Crippen molar-refractivity contribution in [2.75, 3.05) is 6.26 Å². The van der Waals surface area contributed by atoms with Crippen LogP contribution in [0.25, 0.3) is 11.4 Å². The maximum atomic E-state index is 11.5. The van der Waals surface area contributed by atoms with Gasteiger partial charge in [0.15, 0.2) is 5.82 Å². The summed E-state index contributed by atoms with van der Waals surface area (Å²) in [6.45, 7) is 1.93. The summed E-state index contributed by atoms with van der Waals surface area (Å²) in [6, 6.07) is 7.56. The normalized spacial score (nSPS) is 11.6. The first kappa shape index (κ1) is 10.9. The van der Waals surface area contributed by atoms with Crippen LogP contribution in [0, 0.1) is 6.92 Å². The van der Waals surface area contributed by atoms with Crippen LogP contribution in [0.5, 0.6) is 0 Å². The Morgan fingerprint density at radius 3 is 2.56 bits per heavy atom. The van der Waals surface area contributed by atoms with Crippen LogP contribution in [-0.2, 0) is 10.0 Å². The molecule has 0 N–H and O–H groups in total. The van der Waals surface area contributed by atoms with E-state index in [4.69, 9.17) is 0 Å². The first-order valence-corrected chi connectivity index (χ1v) is 6.65. The Hall–Kier alpha value is -1.62.